The van der Waals surface area contributed by atoms with E-state index < -0.39 is 5.97 Å². The van der Waals surface area contributed by atoms with Crippen molar-refractivity contribution in [3.8, 4) is 5.75 Å². The molecule has 1 aromatic rings. The molecule has 1 heterocycles. The van der Waals surface area contributed by atoms with E-state index in [1.54, 1.807) is 12.3 Å². The van der Waals surface area contributed by atoms with Crippen LogP contribution in [0.3, 0.4) is 0 Å². The molecular formula is C18H27NO4. The number of hydrogen-bond donors (Lipinski definition) is 0. The Balaban J connectivity index is 1.63. The van der Waals surface area contributed by atoms with E-state index in [1.807, 2.05) is 6.92 Å². The van der Waals surface area contributed by atoms with Crippen LogP contribution in [0.2, 0.25) is 0 Å². The second-order valence-electron chi connectivity index (χ2n) is 6.04. The highest BCUT2D eigenvalue weighted by atomic mass is 16.5. The molecule has 0 atom stereocenters. The highest BCUT2D eigenvalue weighted by Crippen LogP contribution is 2.20. The van der Waals surface area contributed by atoms with E-state index in [9.17, 15) is 4.79 Å². The van der Waals surface area contributed by atoms with Gasteiger partial charge < -0.3 is 14.2 Å². The summed E-state index contributed by atoms with van der Waals surface area (Å²) in [6.07, 6.45) is 10.1. The molecule has 5 heteroatoms. The second kappa shape index (κ2) is 9.50. The van der Waals surface area contributed by atoms with Crippen molar-refractivity contribution in [1.29, 1.82) is 0 Å². The van der Waals surface area contributed by atoms with Gasteiger partial charge in [-0.1, -0.05) is 19.3 Å². The van der Waals surface area contributed by atoms with Crippen LogP contribution in [0, 0.1) is 6.92 Å². The van der Waals surface area contributed by atoms with Crippen molar-refractivity contribution in [2.45, 2.75) is 58.0 Å². The molecule has 0 saturated heterocycles. The Labute approximate surface area is 138 Å². The van der Waals surface area contributed by atoms with E-state index in [2.05, 4.69) is 4.98 Å². The molecule has 128 valence electrons. The number of ether oxygens (including phenoxy) is 3. The molecule has 23 heavy (non-hydrogen) atoms. The monoisotopic (exact) mass is 321 g/mol. The first-order valence-electron chi connectivity index (χ1n) is 8.50. The van der Waals surface area contributed by atoms with Crippen LogP contribution in [0.25, 0.3) is 0 Å². The van der Waals surface area contributed by atoms with Crippen LogP contribution in [-0.4, -0.2) is 37.4 Å². The largest absolute Gasteiger partial charge is 0.494 e. The Kier molecular flexibility index (Phi) is 7.33. The molecule has 1 fully saturated rings. The number of pyridine rings is 1. The van der Waals surface area contributed by atoms with Crippen molar-refractivity contribution >= 4 is 5.97 Å². The second-order valence-corrected chi connectivity index (χ2v) is 6.04. The third-order valence-electron chi connectivity index (χ3n) is 4.08. The lowest BCUT2D eigenvalue weighted by molar-refractivity contribution is 0.0218. The summed E-state index contributed by atoms with van der Waals surface area (Å²) in [6, 6.07) is 1.78. The van der Waals surface area contributed by atoms with Gasteiger partial charge in [0, 0.05) is 12.8 Å². The third kappa shape index (κ3) is 5.82. The first kappa shape index (κ1) is 17.7. The first-order chi connectivity index (χ1) is 11.2. The van der Waals surface area contributed by atoms with Crippen molar-refractivity contribution in [2.75, 3.05) is 20.3 Å². The fourth-order valence-electron chi connectivity index (χ4n) is 2.77. The standard InChI is InChI=1S/C18H27NO4/c1-14-12-16(21-2)17(19-13-14)18(20)23-11-7-6-10-22-15-8-4-3-5-9-15/h12-13,15H,3-11H2,1-2H3. The molecular weight excluding hydrogens is 294 g/mol. The Hall–Kier alpha value is -1.62. The Bertz CT molecular complexity index is 498. The number of hydrogen-bond acceptors (Lipinski definition) is 5. The Morgan fingerprint density at radius 1 is 1.22 bits per heavy atom. The summed E-state index contributed by atoms with van der Waals surface area (Å²) in [7, 11) is 1.52. The minimum absolute atomic E-state index is 0.233. The van der Waals surface area contributed by atoms with Gasteiger partial charge in [-0.3, -0.25) is 0 Å². The number of esters is 1. The molecule has 1 aliphatic carbocycles. The van der Waals surface area contributed by atoms with Gasteiger partial charge in [0.2, 0.25) is 0 Å². The normalized spacial score (nSPS) is 15.4. The van der Waals surface area contributed by atoms with Gasteiger partial charge in [-0.15, -0.1) is 0 Å². The van der Waals surface area contributed by atoms with Gasteiger partial charge in [0.25, 0.3) is 0 Å². The maximum Gasteiger partial charge on any atom is 0.360 e. The quantitative estimate of drug-likeness (QED) is 0.540. The van der Waals surface area contributed by atoms with Gasteiger partial charge in [-0.2, -0.15) is 0 Å². The molecule has 0 radical (unpaired) electrons. The summed E-state index contributed by atoms with van der Waals surface area (Å²) < 4.78 is 16.3. The van der Waals surface area contributed by atoms with Crippen molar-refractivity contribution in [3.63, 3.8) is 0 Å². The number of carbonyl (C=O) groups is 1. The number of carbonyl (C=O) groups excluding carboxylic acids is 1. The molecule has 0 bridgehead atoms. The third-order valence-corrected chi connectivity index (χ3v) is 4.08. The van der Waals surface area contributed by atoms with Gasteiger partial charge >= 0.3 is 5.97 Å². The predicted molar refractivity (Wildman–Crippen MR) is 87.9 cm³/mol. The van der Waals surface area contributed by atoms with Crippen molar-refractivity contribution in [3.05, 3.63) is 23.5 Å². The maximum absolute atomic E-state index is 12.0. The van der Waals surface area contributed by atoms with Gasteiger partial charge in [0.1, 0.15) is 0 Å². The lowest BCUT2D eigenvalue weighted by atomic mass is 9.98. The highest BCUT2D eigenvalue weighted by Gasteiger charge is 2.16. The molecule has 0 N–H and O–H groups in total. The number of aromatic nitrogens is 1. The van der Waals surface area contributed by atoms with E-state index >= 15 is 0 Å². The highest BCUT2D eigenvalue weighted by molar-refractivity contribution is 5.90. The van der Waals surface area contributed by atoms with Gasteiger partial charge in [0.15, 0.2) is 11.4 Å². The lowest BCUT2D eigenvalue weighted by Crippen LogP contribution is -2.17. The van der Waals surface area contributed by atoms with Crippen LogP contribution in [0.5, 0.6) is 5.75 Å². The van der Waals surface area contributed by atoms with Gasteiger partial charge in [-0.25, -0.2) is 9.78 Å². The van der Waals surface area contributed by atoms with Crippen LogP contribution >= 0.6 is 0 Å². The van der Waals surface area contributed by atoms with Crippen LogP contribution in [0.4, 0.5) is 0 Å². The Morgan fingerprint density at radius 3 is 2.70 bits per heavy atom. The number of methoxy groups -OCH3 is 1. The smallest absolute Gasteiger partial charge is 0.360 e. The molecule has 0 amide bonds. The zero-order valence-corrected chi connectivity index (χ0v) is 14.2. The zero-order chi connectivity index (χ0) is 16.5. The molecule has 0 aliphatic heterocycles. The molecule has 1 aromatic heterocycles. The van der Waals surface area contributed by atoms with Crippen LogP contribution < -0.4 is 4.74 Å². The van der Waals surface area contributed by atoms with Crippen LogP contribution in [0.1, 0.15) is 61.0 Å². The zero-order valence-electron chi connectivity index (χ0n) is 14.2. The van der Waals surface area contributed by atoms with Gasteiger partial charge in [0.05, 0.1) is 19.8 Å². The van der Waals surface area contributed by atoms with E-state index in [4.69, 9.17) is 14.2 Å². The SMILES string of the molecule is COc1cc(C)cnc1C(=O)OCCCCOC1CCCCC1. The molecule has 0 aromatic carbocycles. The number of unbranched alkanes of at least 4 members (excludes halogenated alkanes) is 1. The van der Waals surface area contributed by atoms with Crippen molar-refractivity contribution in [1.82, 2.24) is 4.98 Å². The average molecular weight is 321 g/mol. The van der Waals surface area contributed by atoms with E-state index in [-0.39, 0.29) is 5.69 Å². The molecule has 0 spiro atoms. The molecule has 1 saturated carbocycles. The maximum atomic E-state index is 12.0. The van der Waals surface area contributed by atoms with E-state index in [0.29, 0.717) is 18.5 Å². The van der Waals surface area contributed by atoms with Crippen LogP contribution in [0.15, 0.2) is 12.3 Å². The molecule has 5 nitrogen and oxygen atoms in total. The van der Waals surface area contributed by atoms with Crippen molar-refractivity contribution < 1.29 is 19.0 Å². The van der Waals surface area contributed by atoms with Crippen LogP contribution in [-0.2, 0) is 9.47 Å². The minimum Gasteiger partial charge on any atom is -0.494 e. The summed E-state index contributed by atoms with van der Waals surface area (Å²) in [4.78, 5) is 16.1. The molecule has 1 aliphatic rings. The Morgan fingerprint density at radius 2 is 1.96 bits per heavy atom. The number of rotatable bonds is 8. The van der Waals surface area contributed by atoms with E-state index in [1.165, 1.54) is 39.2 Å². The summed E-state index contributed by atoms with van der Waals surface area (Å²) in [5.41, 5.74) is 1.18. The molecule has 0 unspecified atom stereocenters. The number of nitrogens with zero attached hydrogens (tertiary/aromatic N) is 1. The summed E-state index contributed by atoms with van der Waals surface area (Å²) in [6.45, 7) is 3.02. The fraction of sp³-hybridized carbons (Fsp3) is 0.667. The summed E-state index contributed by atoms with van der Waals surface area (Å²) in [5, 5.41) is 0. The topological polar surface area (TPSA) is 57.7 Å². The summed E-state index contributed by atoms with van der Waals surface area (Å²) in [5.74, 6) is 0.0191. The molecule has 2 rings (SSSR count). The van der Waals surface area contributed by atoms with Crippen molar-refractivity contribution in [2.24, 2.45) is 0 Å². The lowest BCUT2D eigenvalue weighted by Gasteiger charge is -2.21. The summed E-state index contributed by atoms with van der Waals surface area (Å²) >= 11 is 0. The van der Waals surface area contributed by atoms with E-state index in [0.717, 1.165) is 25.0 Å². The first-order valence-corrected chi connectivity index (χ1v) is 8.50. The predicted octanol–water partition coefficient (Wildman–Crippen LogP) is 3.68. The minimum atomic E-state index is -0.435. The number of aryl methyl sites for hydroxylation is 1. The fourth-order valence-corrected chi connectivity index (χ4v) is 2.77. The average Bonchev–Trinajstić information content (AvgIpc) is 2.58. The van der Waals surface area contributed by atoms with Gasteiger partial charge in [-0.05, 0) is 44.2 Å².